The number of para-hydroxylation sites is 1. The molecule has 1 atom stereocenters. The Bertz CT molecular complexity index is 2080. The molecule has 6 heterocycles. The minimum atomic E-state index is -0.792. The maximum atomic E-state index is 14.8. The van der Waals surface area contributed by atoms with Gasteiger partial charge in [-0.15, -0.1) is 0 Å². The normalized spacial score (nSPS) is 21.0. The van der Waals surface area contributed by atoms with E-state index >= 15 is 0 Å². The number of phenols is 1. The second-order valence-electron chi connectivity index (χ2n) is 17.1. The summed E-state index contributed by atoms with van der Waals surface area (Å²) in [6.07, 6.45) is 8.04. The van der Waals surface area contributed by atoms with Crippen molar-refractivity contribution in [1.29, 1.82) is 0 Å². The SMILES string of the molecule is CC(C)c1cc(C2(C(=O)N(C)C3CCN(CC4CCN(c5ccc([C@H]6CCC(=O)NC6=O)cc5)CC4)CC3)CCN(c3cnnc(-c4ccccc4O)c3)CC2)no1. The lowest BCUT2D eigenvalue weighted by molar-refractivity contribution is -0.140. The van der Waals surface area contributed by atoms with Gasteiger partial charge in [0.05, 0.1) is 34.6 Å². The zero-order valence-electron chi connectivity index (χ0n) is 34.0. The first-order chi connectivity index (χ1) is 28.1. The second kappa shape index (κ2) is 16.9. The van der Waals surface area contributed by atoms with Crippen LogP contribution in [0, 0.1) is 5.92 Å². The number of rotatable bonds is 10. The van der Waals surface area contributed by atoms with Gasteiger partial charge in [0.15, 0.2) is 0 Å². The summed E-state index contributed by atoms with van der Waals surface area (Å²) in [7, 11) is 1.98. The predicted octanol–water partition coefficient (Wildman–Crippen LogP) is 5.86. The molecule has 0 unspecified atom stereocenters. The average molecular weight is 789 g/mol. The largest absolute Gasteiger partial charge is 0.507 e. The van der Waals surface area contributed by atoms with Crippen LogP contribution in [0.25, 0.3) is 11.3 Å². The number of aromatic hydroxyl groups is 1. The lowest BCUT2D eigenvalue weighted by Crippen LogP contribution is -2.56. The van der Waals surface area contributed by atoms with E-state index in [1.165, 1.54) is 5.69 Å². The second-order valence-corrected chi connectivity index (χ2v) is 17.1. The first kappa shape index (κ1) is 39.5. The first-order valence-electron chi connectivity index (χ1n) is 21.1. The van der Waals surface area contributed by atoms with Gasteiger partial charge in [-0.25, -0.2) is 0 Å². The number of imide groups is 1. The van der Waals surface area contributed by atoms with Crippen molar-refractivity contribution in [2.45, 2.75) is 88.5 Å². The van der Waals surface area contributed by atoms with Crippen molar-refractivity contribution < 1.29 is 24.0 Å². The number of piperidine rings is 4. The summed E-state index contributed by atoms with van der Waals surface area (Å²) in [4.78, 5) is 48.0. The fourth-order valence-electron chi connectivity index (χ4n) is 9.52. The summed E-state index contributed by atoms with van der Waals surface area (Å²) < 4.78 is 5.81. The van der Waals surface area contributed by atoms with Gasteiger partial charge in [-0.3, -0.25) is 19.7 Å². The molecule has 0 spiro atoms. The Labute approximate surface area is 340 Å². The van der Waals surface area contributed by atoms with E-state index in [9.17, 15) is 19.5 Å². The number of carbonyl (C=O) groups is 3. The number of nitrogens with one attached hydrogen (secondary N) is 1. The smallest absolute Gasteiger partial charge is 0.235 e. The van der Waals surface area contributed by atoms with E-state index < -0.39 is 5.41 Å². The van der Waals surface area contributed by atoms with Gasteiger partial charge < -0.3 is 29.2 Å². The van der Waals surface area contributed by atoms with Crippen LogP contribution in [-0.2, 0) is 19.8 Å². The summed E-state index contributed by atoms with van der Waals surface area (Å²) in [5, 5.41) is 26.0. The van der Waals surface area contributed by atoms with E-state index in [0.29, 0.717) is 55.9 Å². The topological polar surface area (TPSA) is 148 Å². The number of nitrogens with zero attached hydrogens (tertiary/aromatic N) is 7. The predicted molar refractivity (Wildman–Crippen MR) is 222 cm³/mol. The molecule has 4 aliphatic rings. The molecule has 0 saturated carbocycles. The number of benzene rings is 2. The monoisotopic (exact) mass is 788 g/mol. The van der Waals surface area contributed by atoms with Gasteiger partial charge in [-0.1, -0.05) is 43.3 Å². The molecule has 8 rings (SSSR count). The standard InChI is InChI=1S/C45H56N8O5/c1-30(2)40-27-41(49-58-40)45(18-24-53(25-19-45)35-26-38(48-46-28-35)37-6-4-5-7-39(37)54)44(57)50(3)33-16-20-51(21-17-33)29-31-14-22-52(23-15-31)34-10-8-32(9-11-34)36-12-13-42(55)47-43(36)56/h4-11,26-28,30-31,33,36,54H,12-25,29H2,1-3H3,(H,47,55,56)/t36-/m1/s1. The van der Waals surface area contributed by atoms with Crippen molar-refractivity contribution >= 4 is 29.1 Å². The molecule has 0 aliphatic carbocycles. The molecule has 2 N–H and O–H groups in total. The van der Waals surface area contributed by atoms with Crippen molar-refractivity contribution in [1.82, 2.24) is 30.5 Å². The van der Waals surface area contributed by atoms with Gasteiger partial charge in [0, 0.05) is 88.6 Å². The minimum Gasteiger partial charge on any atom is -0.507 e. The van der Waals surface area contributed by atoms with Gasteiger partial charge in [-0.2, -0.15) is 10.2 Å². The number of hydrogen-bond acceptors (Lipinski definition) is 11. The molecule has 4 fully saturated rings. The van der Waals surface area contributed by atoms with E-state index in [1.54, 1.807) is 18.3 Å². The maximum Gasteiger partial charge on any atom is 0.235 e. The molecule has 3 amide bonds. The average Bonchev–Trinajstić information content (AvgIpc) is 3.76. The molecule has 4 saturated heterocycles. The molecule has 2 aromatic carbocycles. The molecule has 4 aliphatic heterocycles. The van der Waals surface area contributed by atoms with Crippen molar-refractivity contribution in [2.24, 2.45) is 5.92 Å². The van der Waals surface area contributed by atoms with E-state index in [0.717, 1.165) is 81.1 Å². The van der Waals surface area contributed by atoms with Crippen molar-refractivity contribution in [2.75, 3.05) is 62.7 Å². The van der Waals surface area contributed by atoms with Crippen LogP contribution in [0.15, 0.2) is 71.4 Å². The van der Waals surface area contributed by atoms with Crippen LogP contribution in [0.2, 0.25) is 0 Å². The van der Waals surface area contributed by atoms with E-state index in [4.69, 9.17) is 4.52 Å². The number of hydrogen-bond donors (Lipinski definition) is 2. The van der Waals surface area contributed by atoms with Gasteiger partial charge >= 0.3 is 0 Å². The zero-order valence-corrected chi connectivity index (χ0v) is 34.0. The molecule has 2 aromatic heterocycles. The number of likely N-dealkylation sites (N-methyl/N-ethyl adjacent to an activating group) is 1. The van der Waals surface area contributed by atoms with Crippen LogP contribution in [0.5, 0.6) is 5.75 Å². The Morgan fingerprint density at radius 2 is 1.62 bits per heavy atom. The molecular weight excluding hydrogens is 733 g/mol. The molecule has 4 aromatic rings. The highest BCUT2D eigenvalue weighted by atomic mass is 16.5. The number of phenolic OH excluding ortho intramolecular Hbond substituents is 1. The fourth-order valence-corrected chi connectivity index (χ4v) is 9.52. The van der Waals surface area contributed by atoms with Crippen molar-refractivity contribution in [3.63, 3.8) is 0 Å². The number of amides is 3. The lowest BCUT2D eigenvalue weighted by atomic mass is 9.73. The summed E-state index contributed by atoms with van der Waals surface area (Å²) in [5.74, 6) is 1.24. The molecule has 306 valence electrons. The van der Waals surface area contributed by atoms with Gasteiger partial charge in [0.1, 0.15) is 11.5 Å². The third-order valence-electron chi connectivity index (χ3n) is 13.3. The minimum absolute atomic E-state index is 0.120. The summed E-state index contributed by atoms with van der Waals surface area (Å²) in [5.41, 5.74) is 4.23. The van der Waals surface area contributed by atoms with Crippen molar-refractivity contribution in [3.05, 3.63) is 83.9 Å². The summed E-state index contributed by atoms with van der Waals surface area (Å²) in [6.45, 7) is 10.5. The van der Waals surface area contributed by atoms with Crippen molar-refractivity contribution in [3.8, 4) is 17.0 Å². The van der Waals surface area contributed by atoms with E-state index in [2.05, 4.69) is 61.4 Å². The Morgan fingerprint density at radius 1 is 0.914 bits per heavy atom. The molecule has 13 heteroatoms. The van der Waals surface area contributed by atoms with Gasteiger partial charge in [0.25, 0.3) is 0 Å². The van der Waals surface area contributed by atoms with Crippen LogP contribution >= 0.6 is 0 Å². The lowest BCUT2D eigenvalue weighted by Gasteiger charge is -2.45. The molecule has 13 nitrogen and oxygen atoms in total. The maximum absolute atomic E-state index is 14.8. The Balaban J connectivity index is 0.859. The summed E-state index contributed by atoms with van der Waals surface area (Å²) >= 11 is 0. The van der Waals surface area contributed by atoms with Crippen LogP contribution in [0.1, 0.15) is 94.1 Å². The third-order valence-corrected chi connectivity index (χ3v) is 13.3. The van der Waals surface area contributed by atoms with E-state index in [-0.39, 0.29) is 41.3 Å². The number of carbonyl (C=O) groups excluding carboxylic acids is 3. The highest BCUT2D eigenvalue weighted by Gasteiger charge is 2.48. The Morgan fingerprint density at radius 3 is 2.29 bits per heavy atom. The van der Waals surface area contributed by atoms with Crippen LogP contribution < -0.4 is 15.1 Å². The quantitative estimate of drug-likeness (QED) is 0.186. The fraction of sp³-hybridized carbons (Fsp3) is 0.511. The first-order valence-corrected chi connectivity index (χ1v) is 21.1. The number of aromatic nitrogens is 3. The number of anilines is 2. The summed E-state index contributed by atoms with van der Waals surface area (Å²) in [6, 6.07) is 19.6. The molecule has 0 bridgehead atoms. The molecular formula is C45H56N8O5. The van der Waals surface area contributed by atoms with Gasteiger partial charge in [0.2, 0.25) is 17.7 Å². The van der Waals surface area contributed by atoms with Crippen LogP contribution in [-0.4, -0.2) is 107 Å². The highest BCUT2D eigenvalue weighted by molar-refractivity contribution is 6.01. The van der Waals surface area contributed by atoms with Crippen LogP contribution in [0.3, 0.4) is 0 Å². The molecule has 58 heavy (non-hydrogen) atoms. The van der Waals surface area contributed by atoms with Gasteiger partial charge in [-0.05, 0) is 86.8 Å². The van der Waals surface area contributed by atoms with Crippen LogP contribution in [0.4, 0.5) is 11.4 Å². The third kappa shape index (κ3) is 8.18. The molecule has 0 radical (unpaired) electrons. The highest BCUT2D eigenvalue weighted by Crippen LogP contribution is 2.41. The number of likely N-dealkylation sites (tertiary alicyclic amines) is 1. The Hall–Kier alpha value is -5.30. The van der Waals surface area contributed by atoms with E-state index in [1.807, 2.05) is 48.3 Å². The zero-order chi connectivity index (χ0) is 40.4. The Kier molecular flexibility index (Phi) is 11.5.